The molecule has 0 saturated carbocycles. The van der Waals surface area contributed by atoms with E-state index in [4.69, 9.17) is 14.2 Å². The monoisotopic (exact) mass is 1060 g/mol. The Hall–Kier alpha value is -3.15. The summed E-state index contributed by atoms with van der Waals surface area (Å²) in [5, 5.41) is 0. The number of carbonyl (C=O) groups excluding carboxylic acids is 3. The standard InChI is InChI=1S/C70H124O6/c1-4-7-10-13-16-19-22-25-28-30-31-32-33-34-35-36-37-38-39-40-43-45-48-51-54-57-60-63-69(72)75-66-67(65-74-68(71)62-59-56-53-50-47-44-41-27-24-21-18-15-12-9-6-3)76-70(73)64-61-58-55-52-49-46-42-29-26-23-20-17-14-11-8-5-2/h9,12,18,21,27,29,41-42,47,50,56,59,67H,4-8,10-11,13-17,19-20,22-26,28,30-40,43-46,48-49,51-55,57-58,60-66H2,1-3H3/b12-9-,21-18-,41-27-,42-29-,50-47-,59-56-. The Morgan fingerprint density at radius 3 is 0.908 bits per heavy atom. The zero-order valence-electron chi connectivity index (χ0n) is 50.5. The number of hydrogen-bond acceptors (Lipinski definition) is 6. The number of ether oxygens (including phenoxy) is 3. The molecule has 0 aliphatic heterocycles. The van der Waals surface area contributed by atoms with Crippen LogP contribution in [-0.4, -0.2) is 37.2 Å². The third-order valence-corrected chi connectivity index (χ3v) is 14.5. The summed E-state index contributed by atoms with van der Waals surface area (Å²) in [5.41, 5.74) is 0. The van der Waals surface area contributed by atoms with Crippen LogP contribution in [0.2, 0.25) is 0 Å². The Labute approximate surface area is 472 Å². The van der Waals surface area contributed by atoms with Crippen LogP contribution >= 0.6 is 0 Å². The highest BCUT2D eigenvalue weighted by atomic mass is 16.6. The third-order valence-electron chi connectivity index (χ3n) is 14.5. The molecule has 0 bridgehead atoms. The SMILES string of the molecule is CC/C=C\C/C=C\C/C=C\C/C=C\C/C=C\CC(=O)OCC(COC(=O)CCCCCCCCCCCCCCCCCCCCCCCCCCCCC)OC(=O)CCCCCCC/C=C\CCCCCCCCC. The van der Waals surface area contributed by atoms with E-state index in [1.807, 2.05) is 6.08 Å². The molecule has 440 valence electrons. The molecule has 1 atom stereocenters. The number of rotatable bonds is 60. The van der Waals surface area contributed by atoms with Crippen LogP contribution in [0.15, 0.2) is 72.9 Å². The Balaban J connectivity index is 4.30. The maximum Gasteiger partial charge on any atom is 0.309 e. The van der Waals surface area contributed by atoms with Crippen molar-refractivity contribution in [1.29, 1.82) is 0 Å². The second kappa shape index (κ2) is 64.4. The first-order valence-electron chi connectivity index (χ1n) is 32.9. The zero-order valence-corrected chi connectivity index (χ0v) is 50.5. The van der Waals surface area contributed by atoms with Crippen molar-refractivity contribution in [2.75, 3.05) is 13.2 Å². The fourth-order valence-corrected chi connectivity index (χ4v) is 9.57. The fourth-order valence-electron chi connectivity index (χ4n) is 9.57. The summed E-state index contributed by atoms with van der Waals surface area (Å²) >= 11 is 0. The second-order valence-electron chi connectivity index (χ2n) is 22.0. The van der Waals surface area contributed by atoms with E-state index in [0.29, 0.717) is 12.8 Å². The van der Waals surface area contributed by atoms with Gasteiger partial charge in [-0.15, -0.1) is 0 Å². The smallest absolute Gasteiger partial charge is 0.309 e. The van der Waals surface area contributed by atoms with Gasteiger partial charge in [0.2, 0.25) is 0 Å². The van der Waals surface area contributed by atoms with Gasteiger partial charge in [-0.2, -0.15) is 0 Å². The molecule has 0 saturated heterocycles. The molecule has 0 heterocycles. The largest absolute Gasteiger partial charge is 0.462 e. The first-order chi connectivity index (χ1) is 37.5. The first kappa shape index (κ1) is 72.8. The molecule has 0 fully saturated rings. The molecule has 0 aliphatic rings. The quantitative estimate of drug-likeness (QED) is 0.0261. The molecular formula is C70H124O6. The van der Waals surface area contributed by atoms with Gasteiger partial charge in [0.05, 0.1) is 6.42 Å². The molecule has 0 N–H and O–H groups in total. The first-order valence-corrected chi connectivity index (χ1v) is 32.9. The summed E-state index contributed by atoms with van der Waals surface area (Å²) < 4.78 is 16.8. The van der Waals surface area contributed by atoms with Crippen molar-refractivity contribution in [1.82, 2.24) is 0 Å². The number of hydrogen-bond donors (Lipinski definition) is 0. The molecule has 6 heteroatoms. The van der Waals surface area contributed by atoms with E-state index in [1.165, 1.54) is 212 Å². The predicted molar refractivity (Wildman–Crippen MR) is 330 cm³/mol. The summed E-state index contributed by atoms with van der Waals surface area (Å²) in [5.74, 6) is -1.03. The Kier molecular flexibility index (Phi) is 61.7. The van der Waals surface area contributed by atoms with Gasteiger partial charge in [0, 0.05) is 12.8 Å². The van der Waals surface area contributed by atoms with Crippen molar-refractivity contribution in [3.8, 4) is 0 Å². The highest BCUT2D eigenvalue weighted by Crippen LogP contribution is 2.18. The van der Waals surface area contributed by atoms with E-state index < -0.39 is 12.1 Å². The molecule has 0 spiro atoms. The van der Waals surface area contributed by atoms with E-state index in [1.54, 1.807) is 6.08 Å². The third kappa shape index (κ3) is 61.7. The molecule has 0 radical (unpaired) electrons. The molecule has 1 unspecified atom stereocenters. The van der Waals surface area contributed by atoms with E-state index in [9.17, 15) is 14.4 Å². The highest BCUT2D eigenvalue weighted by molar-refractivity contribution is 5.72. The predicted octanol–water partition coefficient (Wildman–Crippen LogP) is 22.5. The van der Waals surface area contributed by atoms with Crippen LogP contribution < -0.4 is 0 Å². The molecule has 6 nitrogen and oxygen atoms in total. The average Bonchev–Trinajstić information content (AvgIpc) is 3.42. The van der Waals surface area contributed by atoms with Gasteiger partial charge in [0.25, 0.3) is 0 Å². The Morgan fingerprint density at radius 1 is 0.289 bits per heavy atom. The fraction of sp³-hybridized carbons (Fsp3) is 0.786. The van der Waals surface area contributed by atoms with Crippen LogP contribution in [0.25, 0.3) is 0 Å². The number of esters is 3. The maximum absolute atomic E-state index is 12.9. The lowest BCUT2D eigenvalue weighted by Gasteiger charge is -2.18. The van der Waals surface area contributed by atoms with Gasteiger partial charge in [0.1, 0.15) is 13.2 Å². The van der Waals surface area contributed by atoms with Crippen LogP contribution in [0, 0.1) is 0 Å². The van der Waals surface area contributed by atoms with Gasteiger partial charge in [0.15, 0.2) is 6.10 Å². The molecular weight excluding hydrogens is 937 g/mol. The Bertz CT molecular complexity index is 1400. The lowest BCUT2D eigenvalue weighted by Crippen LogP contribution is -2.30. The Morgan fingerprint density at radius 2 is 0.566 bits per heavy atom. The summed E-state index contributed by atoms with van der Waals surface area (Å²) in [6, 6.07) is 0. The van der Waals surface area contributed by atoms with Crippen LogP contribution in [0.3, 0.4) is 0 Å². The van der Waals surface area contributed by atoms with Crippen molar-refractivity contribution in [2.24, 2.45) is 0 Å². The van der Waals surface area contributed by atoms with Crippen LogP contribution in [0.5, 0.6) is 0 Å². The molecule has 0 aromatic carbocycles. The summed E-state index contributed by atoms with van der Waals surface area (Å²) in [6.07, 6.45) is 83.9. The van der Waals surface area contributed by atoms with Gasteiger partial charge in [-0.05, 0) is 70.6 Å². The topological polar surface area (TPSA) is 78.9 Å². The van der Waals surface area contributed by atoms with Gasteiger partial charge < -0.3 is 14.2 Å². The van der Waals surface area contributed by atoms with E-state index >= 15 is 0 Å². The lowest BCUT2D eigenvalue weighted by atomic mass is 10.0. The number of carbonyl (C=O) groups is 3. The molecule has 0 aliphatic carbocycles. The van der Waals surface area contributed by atoms with Crippen molar-refractivity contribution < 1.29 is 28.6 Å². The van der Waals surface area contributed by atoms with Crippen molar-refractivity contribution >= 4 is 17.9 Å². The minimum absolute atomic E-state index is 0.106. The molecule has 0 amide bonds. The maximum atomic E-state index is 12.9. The number of allylic oxidation sites excluding steroid dienone is 11. The van der Waals surface area contributed by atoms with Gasteiger partial charge in [-0.1, -0.05) is 318 Å². The average molecular weight is 1060 g/mol. The highest BCUT2D eigenvalue weighted by Gasteiger charge is 2.19. The van der Waals surface area contributed by atoms with Crippen molar-refractivity contribution in [2.45, 2.75) is 341 Å². The summed E-state index contributed by atoms with van der Waals surface area (Å²) in [6.45, 7) is 6.47. The van der Waals surface area contributed by atoms with Crippen LogP contribution in [0.4, 0.5) is 0 Å². The van der Waals surface area contributed by atoms with Gasteiger partial charge >= 0.3 is 17.9 Å². The number of unbranched alkanes of at least 4 members (excludes halogenated alkanes) is 38. The van der Waals surface area contributed by atoms with Crippen molar-refractivity contribution in [3.05, 3.63) is 72.9 Å². The van der Waals surface area contributed by atoms with Gasteiger partial charge in [-0.3, -0.25) is 14.4 Å². The summed E-state index contributed by atoms with van der Waals surface area (Å²) in [7, 11) is 0. The normalized spacial score (nSPS) is 12.5. The van der Waals surface area contributed by atoms with Gasteiger partial charge in [-0.25, -0.2) is 0 Å². The zero-order chi connectivity index (χ0) is 55.0. The van der Waals surface area contributed by atoms with Crippen LogP contribution in [-0.2, 0) is 28.6 Å². The van der Waals surface area contributed by atoms with E-state index in [0.717, 1.165) is 83.5 Å². The van der Waals surface area contributed by atoms with E-state index in [-0.39, 0.29) is 31.6 Å². The van der Waals surface area contributed by atoms with Crippen LogP contribution in [0.1, 0.15) is 335 Å². The molecule has 0 aromatic heterocycles. The lowest BCUT2D eigenvalue weighted by molar-refractivity contribution is -0.166. The molecule has 0 rings (SSSR count). The molecule has 0 aromatic rings. The summed E-state index contributed by atoms with van der Waals surface area (Å²) in [4.78, 5) is 38.2. The minimum Gasteiger partial charge on any atom is -0.462 e. The second-order valence-corrected chi connectivity index (χ2v) is 22.0. The van der Waals surface area contributed by atoms with Crippen molar-refractivity contribution in [3.63, 3.8) is 0 Å². The minimum atomic E-state index is -0.819. The van der Waals surface area contributed by atoms with E-state index in [2.05, 4.69) is 81.5 Å². The molecule has 76 heavy (non-hydrogen) atoms.